The maximum absolute atomic E-state index is 13.2. The lowest BCUT2D eigenvalue weighted by atomic mass is 10.0. The summed E-state index contributed by atoms with van der Waals surface area (Å²) >= 11 is 0. The van der Waals surface area contributed by atoms with Gasteiger partial charge in [-0.15, -0.1) is 0 Å². The van der Waals surface area contributed by atoms with E-state index in [1.165, 1.54) is 4.31 Å². The fourth-order valence-electron chi connectivity index (χ4n) is 4.07. The molecule has 0 radical (unpaired) electrons. The topological polar surface area (TPSA) is 114 Å². The summed E-state index contributed by atoms with van der Waals surface area (Å²) in [5.41, 5.74) is 1.07. The van der Waals surface area contributed by atoms with E-state index in [9.17, 15) is 21.6 Å². The van der Waals surface area contributed by atoms with Crippen LogP contribution in [0.2, 0.25) is 0 Å². The summed E-state index contributed by atoms with van der Waals surface area (Å²) in [5, 5.41) is 2.91. The van der Waals surface area contributed by atoms with Crippen molar-refractivity contribution in [1.82, 2.24) is 19.3 Å². The quantitative estimate of drug-likeness (QED) is 0.387. The number of piperazine rings is 1. The van der Waals surface area contributed by atoms with Crippen molar-refractivity contribution < 1.29 is 30.7 Å². The van der Waals surface area contributed by atoms with Gasteiger partial charge in [-0.05, 0) is 49.1 Å². The third-order valence-corrected chi connectivity index (χ3v) is 7.82. The van der Waals surface area contributed by atoms with Crippen molar-refractivity contribution in [3.63, 3.8) is 0 Å². The lowest BCUT2D eigenvalue weighted by Crippen LogP contribution is -2.49. The van der Waals surface area contributed by atoms with E-state index in [-0.39, 0.29) is 49.5 Å². The van der Waals surface area contributed by atoms with Gasteiger partial charge in [0.25, 0.3) is 0 Å². The van der Waals surface area contributed by atoms with Crippen LogP contribution in [0.3, 0.4) is 0 Å². The van der Waals surface area contributed by atoms with E-state index >= 15 is 0 Å². The number of aryl methyl sites for hydroxylation is 1. The molecule has 39 heavy (non-hydrogen) atoms. The number of halogens is 3. The zero-order valence-electron chi connectivity index (χ0n) is 21.9. The minimum absolute atomic E-state index is 0.00256. The predicted molar refractivity (Wildman–Crippen MR) is 138 cm³/mol. The van der Waals surface area contributed by atoms with E-state index in [1.807, 2.05) is 12.1 Å². The third kappa shape index (κ3) is 7.82. The Bertz CT molecular complexity index is 1350. The second-order valence-corrected chi connectivity index (χ2v) is 11.6. The highest BCUT2D eigenvalue weighted by atomic mass is 32.2. The Labute approximate surface area is 225 Å². The van der Waals surface area contributed by atoms with Crippen molar-refractivity contribution in [3.8, 4) is 6.01 Å². The molecule has 1 aliphatic rings. The first-order valence-corrected chi connectivity index (χ1v) is 13.9. The summed E-state index contributed by atoms with van der Waals surface area (Å²) in [6, 6.07) is 9.93. The van der Waals surface area contributed by atoms with Gasteiger partial charge in [-0.1, -0.05) is 26.0 Å². The van der Waals surface area contributed by atoms with Gasteiger partial charge in [-0.3, -0.25) is 0 Å². The van der Waals surface area contributed by atoms with Crippen molar-refractivity contribution in [2.24, 2.45) is 5.92 Å². The molecule has 0 aliphatic carbocycles. The molecule has 1 aliphatic heterocycles. The monoisotopic (exact) mass is 568 g/mol. The Morgan fingerprint density at radius 3 is 2.31 bits per heavy atom. The largest absolute Gasteiger partial charge is 0.465 e. The normalized spacial score (nSPS) is 15.1. The molecule has 3 aromatic rings. The van der Waals surface area contributed by atoms with Crippen LogP contribution in [0.15, 0.2) is 45.7 Å². The van der Waals surface area contributed by atoms with Crippen LogP contribution >= 0.6 is 0 Å². The zero-order valence-corrected chi connectivity index (χ0v) is 22.7. The van der Waals surface area contributed by atoms with Gasteiger partial charge in [0.15, 0.2) is 6.61 Å². The highest BCUT2D eigenvalue weighted by Gasteiger charge is 2.31. The molecule has 1 fully saturated rings. The Kier molecular flexibility index (Phi) is 8.64. The number of furan rings is 1. The molecule has 0 atom stereocenters. The first kappa shape index (κ1) is 28.6. The van der Waals surface area contributed by atoms with Gasteiger partial charge in [-0.2, -0.15) is 32.4 Å². The van der Waals surface area contributed by atoms with Crippen LogP contribution in [-0.2, 0) is 23.0 Å². The average molecular weight is 569 g/mol. The van der Waals surface area contributed by atoms with Crippen molar-refractivity contribution >= 4 is 21.9 Å². The molecular weight excluding hydrogens is 537 g/mol. The SMILES string of the molecule is Cc1ccc(CNc2nc(OCC(F)(F)F)nc(N3CCN(S(=O)(=O)c4ccc(CC(C)C)cc4)CC3)n2)o1. The minimum atomic E-state index is -4.57. The van der Waals surface area contributed by atoms with Crippen LogP contribution in [0.4, 0.5) is 25.1 Å². The molecule has 10 nitrogen and oxygen atoms in total. The number of hydrogen-bond donors (Lipinski definition) is 1. The van der Waals surface area contributed by atoms with Gasteiger partial charge < -0.3 is 19.4 Å². The number of nitrogens with zero attached hydrogens (tertiary/aromatic N) is 5. The fraction of sp³-hybridized carbons (Fsp3) is 0.480. The predicted octanol–water partition coefficient (Wildman–Crippen LogP) is 4.04. The molecule has 4 rings (SSSR count). The van der Waals surface area contributed by atoms with Crippen molar-refractivity contribution in [3.05, 3.63) is 53.5 Å². The number of anilines is 2. The van der Waals surface area contributed by atoms with Gasteiger partial charge >= 0.3 is 12.2 Å². The number of alkyl halides is 3. The van der Waals surface area contributed by atoms with Crippen LogP contribution in [0.1, 0.15) is 30.9 Å². The molecule has 0 spiro atoms. The first-order chi connectivity index (χ1) is 18.4. The fourth-order valence-corrected chi connectivity index (χ4v) is 5.49. The van der Waals surface area contributed by atoms with Crippen molar-refractivity contribution in [1.29, 1.82) is 0 Å². The van der Waals surface area contributed by atoms with Crippen LogP contribution in [0, 0.1) is 12.8 Å². The number of hydrogen-bond acceptors (Lipinski definition) is 9. The molecule has 14 heteroatoms. The standard InChI is InChI=1S/C25H31F3N6O4S/c1-17(2)14-19-5-8-21(9-6-19)39(35,36)34-12-10-33(11-13-34)23-30-22(29-15-20-7-4-18(3)38-20)31-24(32-23)37-16-25(26,27)28/h4-9,17H,10-16H2,1-3H3,(H,29,30,31,32). The van der Waals surface area contributed by atoms with Gasteiger partial charge in [-0.25, -0.2) is 8.42 Å². The molecule has 1 aromatic carbocycles. The lowest BCUT2D eigenvalue weighted by Gasteiger charge is -2.34. The highest BCUT2D eigenvalue weighted by Crippen LogP contribution is 2.23. The van der Waals surface area contributed by atoms with E-state index in [0.29, 0.717) is 17.4 Å². The second-order valence-electron chi connectivity index (χ2n) is 9.64. The Morgan fingerprint density at radius 1 is 1.03 bits per heavy atom. The average Bonchev–Trinajstić information content (AvgIpc) is 3.31. The molecule has 0 bridgehead atoms. The molecule has 1 saturated heterocycles. The van der Waals surface area contributed by atoms with Gasteiger partial charge in [0.05, 0.1) is 11.4 Å². The second kappa shape index (κ2) is 11.8. The lowest BCUT2D eigenvalue weighted by molar-refractivity contribution is -0.154. The number of benzene rings is 1. The summed E-state index contributed by atoms with van der Waals surface area (Å²) in [5.74, 6) is 1.83. The maximum atomic E-state index is 13.2. The van der Waals surface area contributed by atoms with E-state index in [4.69, 9.17) is 9.15 Å². The summed E-state index contributed by atoms with van der Waals surface area (Å²) in [6.45, 7) is 5.36. The number of ether oxygens (including phenoxy) is 1. The molecule has 0 unspecified atom stereocenters. The Morgan fingerprint density at radius 2 is 1.72 bits per heavy atom. The summed E-state index contributed by atoms with van der Waals surface area (Å²) in [4.78, 5) is 14.2. The van der Waals surface area contributed by atoms with Crippen LogP contribution < -0.4 is 15.0 Å². The van der Waals surface area contributed by atoms with E-state index in [1.54, 1.807) is 36.1 Å². The van der Waals surface area contributed by atoms with Gasteiger partial charge in [0.2, 0.25) is 21.9 Å². The Hall–Kier alpha value is -3.39. The number of rotatable bonds is 10. The molecule has 212 valence electrons. The molecule has 3 heterocycles. The van der Waals surface area contributed by atoms with Gasteiger partial charge in [0.1, 0.15) is 11.5 Å². The number of sulfonamides is 1. The number of nitrogens with one attached hydrogen (secondary N) is 1. The van der Waals surface area contributed by atoms with Crippen molar-refractivity contribution in [2.45, 2.75) is 44.8 Å². The summed E-state index contributed by atoms with van der Waals surface area (Å²) < 4.78 is 76.3. The smallest absolute Gasteiger partial charge is 0.422 e. The molecular formula is C25H31F3N6O4S. The molecule has 0 amide bonds. The van der Waals surface area contributed by atoms with Crippen molar-refractivity contribution in [2.75, 3.05) is 43.0 Å². The van der Waals surface area contributed by atoms with Crippen LogP contribution in [0.25, 0.3) is 0 Å². The first-order valence-electron chi connectivity index (χ1n) is 12.5. The van der Waals surface area contributed by atoms with Crippen LogP contribution in [0.5, 0.6) is 6.01 Å². The molecule has 2 aromatic heterocycles. The highest BCUT2D eigenvalue weighted by molar-refractivity contribution is 7.89. The Balaban J connectivity index is 1.46. The molecule has 0 saturated carbocycles. The van der Waals surface area contributed by atoms with E-state index in [0.717, 1.165) is 12.0 Å². The van der Waals surface area contributed by atoms with E-state index < -0.39 is 28.8 Å². The maximum Gasteiger partial charge on any atom is 0.422 e. The third-order valence-electron chi connectivity index (χ3n) is 5.91. The summed E-state index contributed by atoms with van der Waals surface area (Å²) in [7, 11) is -3.71. The summed E-state index contributed by atoms with van der Waals surface area (Å²) in [6.07, 6.45) is -3.71. The minimum Gasteiger partial charge on any atom is -0.465 e. The van der Waals surface area contributed by atoms with Crippen LogP contribution in [-0.4, -0.2) is 66.6 Å². The zero-order chi connectivity index (χ0) is 28.2. The molecule has 1 N–H and O–H groups in total. The van der Waals surface area contributed by atoms with E-state index in [2.05, 4.69) is 34.1 Å². The number of aromatic nitrogens is 3. The van der Waals surface area contributed by atoms with Gasteiger partial charge in [0, 0.05) is 26.2 Å².